The van der Waals surface area contributed by atoms with Crippen LogP contribution in [-0.4, -0.2) is 6.54 Å². The van der Waals surface area contributed by atoms with Crippen molar-refractivity contribution < 1.29 is 4.42 Å². The predicted octanol–water partition coefficient (Wildman–Crippen LogP) is 2.09. The Bertz CT molecular complexity index is 205. The molecule has 0 saturated heterocycles. The van der Waals surface area contributed by atoms with Crippen LogP contribution in [0.5, 0.6) is 0 Å². The van der Waals surface area contributed by atoms with Gasteiger partial charge in [-0.1, -0.05) is 6.92 Å². The summed E-state index contributed by atoms with van der Waals surface area (Å²) in [6.45, 7) is 6.13. The minimum atomic E-state index is 0.854. The average molecular weight is 153 g/mol. The van der Waals surface area contributed by atoms with Gasteiger partial charge < -0.3 is 9.73 Å². The number of furan rings is 1. The number of hydrogen-bond acceptors (Lipinski definition) is 2. The Labute approximate surface area is 67.6 Å². The van der Waals surface area contributed by atoms with Crippen LogP contribution in [0.15, 0.2) is 16.7 Å². The van der Waals surface area contributed by atoms with Crippen LogP contribution in [0, 0.1) is 6.92 Å². The van der Waals surface area contributed by atoms with Crippen molar-refractivity contribution in [3.8, 4) is 0 Å². The summed E-state index contributed by atoms with van der Waals surface area (Å²) in [7, 11) is 0. The summed E-state index contributed by atoms with van der Waals surface area (Å²) in [6.07, 6.45) is 2.90. The number of hydrogen-bond donors (Lipinski definition) is 1. The zero-order valence-electron chi connectivity index (χ0n) is 7.18. The lowest BCUT2D eigenvalue weighted by atomic mass is 10.3. The average Bonchev–Trinajstić information content (AvgIpc) is 2.37. The molecule has 1 rings (SSSR count). The van der Waals surface area contributed by atoms with Gasteiger partial charge in [-0.15, -0.1) is 0 Å². The third-order valence-corrected chi connectivity index (χ3v) is 1.68. The molecule has 1 aromatic rings. The zero-order valence-corrected chi connectivity index (χ0v) is 7.18. The fourth-order valence-electron chi connectivity index (χ4n) is 0.964. The molecule has 0 aliphatic heterocycles. The van der Waals surface area contributed by atoms with E-state index in [4.69, 9.17) is 4.42 Å². The first-order valence-electron chi connectivity index (χ1n) is 4.08. The maximum atomic E-state index is 5.25. The zero-order chi connectivity index (χ0) is 8.10. The summed E-state index contributed by atoms with van der Waals surface area (Å²) in [5.41, 5.74) is 1.23. The molecule has 11 heavy (non-hydrogen) atoms. The van der Waals surface area contributed by atoms with Crippen molar-refractivity contribution in [1.29, 1.82) is 0 Å². The molecule has 0 radical (unpaired) electrons. The number of nitrogens with one attached hydrogen (secondary N) is 1. The molecule has 62 valence electrons. The van der Waals surface area contributed by atoms with E-state index in [1.807, 2.05) is 6.07 Å². The highest BCUT2D eigenvalue weighted by atomic mass is 16.3. The maximum Gasteiger partial charge on any atom is 0.120 e. The molecular formula is C9H15NO. The van der Waals surface area contributed by atoms with Gasteiger partial charge in [0.1, 0.15) is 5.76 Å². The van der Waals surface area contributed by atoms with Crippen LogP contribution >= 0.6 is 0 Å². The third kappa shape index (κ3) is 2.39. The predicted molar refractivity (Wildman–Crippen MR) is 45.4 cm³/mol. The Morgan fingerprint density at radius 1 is 1.55 bits per heavy atom. The van der Waals surface area contributed by atoms with Crippen LogP contribution < -0.4 is 5.32 Å². The van der Waals surface area contributed by atoms with Gasteiger partial charge in [-0.25, -0.2) is 0 Å². The first-order valence-corrected chi connectivity index (χ1v) is 4.08. The lowest BCUT2D eigenvalue weighted by molar-refractivity contribution is 0.480. The molecule has 1 N–H and O–H groups in total. The van der Waals surface area contributed by atoms with Crippen LogP contribution in [-0.2, 0) is 6.54 Å². The van der Waals surface area contributed by atoms with Crippen LogP contribution in [0.2, 0.25) is 0 Å². The number of aryl methyl sites for hydroxylation is 1. The fourth-order valence-corrected chi connectivity index (χ4v) is 0.964. The second-order valence-electron chi connectivity index (χ2n) is 2.70. The molecule has 0 aliphatic rings. The molecule has 0 bridgehead atoms. The second-order valence-corrected chi connectivity index (χ2v) is 2.70. The molecule has 0 aliphatic carbocycles. The van der Waals surface area contributed by atoms with E-state index < -0.39 is 0 Å². The second kappa shape index (κ2) is 4.19. The molecule has 2 nitrogen and oxygen atoms in total. The van der Waals surface area contributed by atoms with E-state index in [-0.39, 0.29) is 0 Å². The van der Waals surface area contributed by atoms with Gasteiger partial charge in [0.2, 0.25) is 0 Å². The van der Waals surface area contributed by atoms with Gasteiger partial charge >= 0.3 is 0 Å². The largest absolute Gasteiger partial charge is 0.468 e. The fraction of sp³-hybridized carbons (Fsp3) is 0.556. The summed E-state index contributed by atoms with van der Waals surface area (Å²) in [4.78, 5) is 0. The lowest BCUT2D eigenvalue weighted by Crippen LogP contribution is -2.13. The van der Waals surface area contributed by atoms with Gasteiger partial charge in [0.05, 0.1) is 12.8 Å². The van der Waals surface area contributed by atoms with Crippen molar-refractivity contribution in [3.05, 3.63) is 23.7 Å². The van der Waals surface area contributed by atoms with E-state index in [9.17, 15) is 0 Å². The van der Waals surface area contributed by atoms with Crippen molar-refractivity contribution in [3.63, 3.8) is 0 Å². The third-order valence-electron chi connectivity index (χ3n) is 1.68. The summed E-state index contributed by atoms with van der Waals surface area (Å²) in [5, 5.41) is 3.28. The van der Waals surface area contributed by atoms with Crippen molar-refractivity contribution >= 4 is 0 Å². The summed E-state index contributed by atoms with van der Waals surface area (Å²) >= 11 is 0. The van der Waals surface area contributed by atoms with Gasteiger partial charge in [0.15, 0.2) is 0 Å². The van der Waals surface area contributed by atoms with Gasteiger partial charge in [-0.05, 0) is 31.5 Å². The van der Waals surface area contributed by atoms with Gasteiger partial charge in [-0.2, -0.15) is 0 Å². The van der Waals surface area contributed by atoms with E-state index in [1.54, 1.807) is 6.26 Å². The quantitative estimate of drug-likeness (QED) is 0.670. The van der Waals surface area contributed by atoms with Crippen molar-refractivity contribution in [2.45, 2.75) is 26.8 Å². The molecule has 1 aromatic heterocycles. The SMILES string of the molecule is CCCNCc1occc1C. The van der Waals surface area contributed by atoms with E-state index in [2.05, 4.69) is 19.2 Å². The summed E-state index contributed by atoms with van der Waals surface area (Å²) in [6, 6.07) is 1.99. The minimum absolute atomic E-state index is 0.854. The highest BCUT2D eigenvalue weighted by Crippen LogP contribution is 2.07. The first-order chi connectivity index (χ1) is 5.34. The van der Waals surface area contributed by atoms with E-state index >= 15 is 0 Å². The smallest absolute Gasteiger partial charge is 0.120 e. The molecule has 0 fully saturated rings. The van der Waals surface area contributed by atoms with Crippen LogP contribution in [0.25, 0.3) is 0 Å². The number of rotatable bonds is 4. The van der Waals surface area contributed by atoms with Crippen LogP contribution in [0.3, 0.4) is 0 Å². The molecule has 1 heterocycles. The summed E-state index contributed by atoms with van der Waals surface area (Å²) in [5.74, 6) is 1.05. The molecule has 2 heteroatoms. The highest BCUT2D eigenvalue weighted by Gasteiger charge is 1.98. The van der Waals surface area contributed by atoms with E-state index in [0.29, 0.717) is 0 Å². The van der Waals surface area contributed by atoms with Crippen molar-refractivity contribution in [2.75, 3.05) is 6.54 Å². The normalized spacial score (nSPS) is 10.4. The lowest BCUT2D eigenvalue weighted by Gasteiger charge is -1.99. The Morgan fingerprint density at radius 2 is 2.36 bits per heavy atom. The Balaban J connectivity index is 2.32. The molecule has 0 amide bonds. The Morgan fingerprint density at radius 3 is 2.91 bits per heavy atom. The van der Waals surface area contributed by atoms with Crippen LogP contribution in [0.4, 0.5) is 0 Å². The van der Waals surface area contributed by atoms with E-state index in [1.165, 1.54) is 12.0 Å². The van der Waals surface area contributed by atoms with Gasteiger partial charge in [-0.3, -0.25) is 0 Å². The Hall–Kier alpha value is -0.760. The first kappa shape index (κ1) is 8.34. The monoisotopic (exact) mass is 153 g/mol. The molecule has 0 aromatic carbocycles. The topological polar surface area (TPSA) is 25.2 Å². The standard InChI is InChI=1S/C9H15NO/c1-3-5-10-7-9-8(2)4-6-11-9/h4,6,10H,3,5,7H2,1-2H3. The summed E-state index contributed by atoms with van der Waals surface area (Å²) < 4.78 is 5.25. The molecular weight excluding hydrogens is 138 g/mol. The minimum Gasteiger partial charge on any atom is -0.468 e. The molecule has 0 spiro atoms. The Kier molecular flexibility index (Phi) is 3.17. The molecule has 0 unspecified atom stereocenters. The van der Waals surface area contributed by atoms with E-state index in [0.717, 1.165) is 18.8 Å². The maximum absolute atomic E-state index is 5.25. The molecule has 0 atom stereocenters. The van der Waals surface area contributed by atoms with Gasteiger partial charge in [0.25, 0.3) is 0 Å². The van der Waals surface area contributed by atoms with Crippen molar-refractivity contribution in [1.82, 2.24) is 5.32 Å². The molecule has 0 saturated carbocycles. The van der Waals surface area contributed by atoms with Crippen molar-refractivity contribution in [2.24, 2.45) is 0 Å². The van der Waals surface area contributed by atoms with Gasteiger partial charge in [0, 0.05) is 0 Å². The van der Waals surface area contributed by atoms with Crippen LogP contribution in [0.1, 0.15) is 24.7 Å². The highest BCUT2D eigenvalue weighted by molar-refractivity contribution is 5.13.